The van der Waals surface area contributed by atoms with E-state index in [0.717, 1.165) is 174 Å². The number of ketones is 2. The number of aromatic nitrogens is 16. The minimum absolute atomic E-state index is 0.00570. The van der Waals surface area contributed by atoms with E-state index in [1.807, 2.05) is 198 Å². The van der Waals surface area contributed by atoms with E-state index in [1.165, 1.54) is 48.5 Å². The van der Waals surface area contributed by atoms with Crippen LogP contribution in [0, 0.1) is 51.0 Å². The number of nitrogens with zero attached hydrogens (tertiary/aromatic N) is 16. The molecule has 12 aromatic heterocycles. The molecule has 7 N–H and O–H groups in total. The van der Waals surface area contributed by atoms with Gasteiger partial charge in [-0.2, -0.15) is 20.4 Å². The van der Waals surface area contributed by atoms with Gasteiger partial charge in [0.25, 0.3) is 5.91 Å². The maximum absolute atomic E-state index is 14.1. The number of Topliss-reactive ketones (excluding diaryl/α,β-unsaturated/α-hetero) is 2. The van der Waals surface area contributed by atoms with Gasteiger partial charge in [-0.25, -0.2) is 37.5 Å². The van der Waals surface area contributed by atoms with Crippen LogP contribution in [-0.4, -0.2) is 173 Å². The third-order valence-electron chi connectivity index (χ3n) is 23.5. The summed E-state index contributed by atoms with van der Waals surface area (Å²) in [4.78, 5) is 54.2. The van der Waals surface area contributed by atoms with Crippen LogP contribution in [0.3, 0.4) is 0 Å². The molecular formula is C99H113F4N21O8. The lowest BCUT2D eigenvalue weighted by atomic mass is 10.1. The van der Waals surface area contributed by atoms with Crippen LogP contribution in [0.5, 0.6) is 23.0 Å². The van der Waals surface area contributed by atoms with Gasteiger partial charge in [0, 0.05) is 286 Å². The Kier molecular flexibility index (Phi) is 31.9. The molecule has 132 heavy (non-hydrogen) atoms. The topological polar surface area (TPSA) is 323 Å². The molecule has 0 aliphatic rings. The van der Waals surface area contributed by atoms with E-state index >= 15 is 0 Å². The molecule has 4 aromatic carbocycles. The Balaban J connectivity index is 0.000000150. The molecular weight excluding hydrogens is 1690 g/mol. The standard InChI is InChI=1S/C26H30FN5O2.C25H28FN5O2.C24H27FN6O2.C24H28FN5O2/c1-5-23(33)26-21(17(2)31(4)30-26)11-13-34-24-14-19(27)7-8-22(24)18-6-9-25-29-15-20(10-12-28-3)32(25)16-18;1-5-22(32)25-20(16(2)30(4)29-25)10-11-33-23-12-18(26)7-8-21(23)17-6-9-24-28-14-19(13-27-3)31(24)15-17;1-15-19(23(24(26)32)29-30(15)3)9-11-33-21-12-17(25)5-6-20(21)16-4-7-22-28-13-18(8-10-27-2)31(22)14-16;1-16-20(22(15-31)28-29(16)3)9-11-32-23-12-18(25)5-6-21(23)17-4-7-24-27-13-19(8-10-26-2)30(24)14-17/h6-9,14-16,28H,5,10-13H2,1-4H3;6-9,12,14-15,27H,5,10-11,13H2,1-4H3;4-7,12-14,27H,8-11H2,1-3H3,(H2,26,32);4-7,12-14,26,31H,8-11,15H2,1-3H3. The van der Waals surface area contributed by atoms with Crippen molar-refractivity contribution in [3.63, 3.8) is 0 Å². The smallest absolute Gasteiger partial charge is 0.269 e. The van der Waals surface area contributed by atoms with Gasteiger partial charge in [0.05, 0.1) is 50.6 Å². The van der Waals surface area contributed by atoms with Crippen molar-refractivity contribution in [1.29, 1.82) is 0 Å². The number of nitrogens with one attached hydrogen (secondary N) is 4. The Morgan fingerprint density at radius 2 is 0.652 bits per heavy atom. The third kappa shape index (κ3) is 22.2. The van der Waals surface area contributed by atoms with Crippen LogP contribution in [-0.2, 0) is 86.3 Å². The second-order valence-electron chi connectivity index (χ2n) is 31.9. The van der Waals surface area contributed by atoms with Gasteiger partial charge in [-0.1, -0.05) is 13.8 Å². The lowest BCUT2D eigenvalue weighted by Crippen LogP contribution is -2.15. The predicted octanol–water partition coefficient (Wildman–Crippen LogP) is 14.0. The molecule has 0 spiro atoms. The van der Waals surface area contributed by atoms with E-state index in [0.29, 0.717) is 105 Å². The summed E-state index contributed by atoms with van der Waals surface area (Å²) >= 11 is 0. The van der Waals surface area contributed by atoms with Crippen molar-refractivity contribution < 1.29 is 56.0 Å². The molecule has 16 rings (SSSR count). The molecule has 29 nitrogen and oxygen atoms in total. The number of hydrogen-bond donors (Lipinski definition) is 6. The molecule has 1 amide bonds. The van der Waals surface area contributed by atoms with Crippen molar-refractivity contribution in [2.45, 2.75) is 112 Å². The molecule has 0 atom stereocenters. The number of primary amides is 1. The number of aryl methyl sites for hydroxylation is 4. The molecule has 690 valence electrons. The minimum atomic E-state index is -0.581. The van der Waals surface area contributed by atoms with Gasteiger partial charge in [-0.05, 0) is 153 Å². The van der Waals surface area contributed by atoms with Gasteiger partial charge in [-0.3, -0.25) is 33.1 Å². The first kappa shape index (κ1) is 95.6. The molecule has 12 heterocycles. The van der Waals surface area contributed by atoms with E-state index in [9.17, 15) is 37.1 Å². The second kappa shape index (κ2) is 44.1. The second-order valence-corrected chi connectivity index (χ2v) is 31.9. The molecule has 0 aliphatic heterocycles. The lowest BCUT2D eigenvalue weighted by Gasteiger charge is -2.13. The minimum Gasteiger partial charge on any atom is -0.492 e. The first-order chi connectivity index (χ1) is 63.7. The van der Waals surface area contributed by atoms with Crippen LogP contribution in [0.25, 0.3) is 67.1 Å². The molecule has 0 radical (unpaired) electrons. The number of aliphatic hydroxyl groups excluding tert-OH is 1. The van der Waals surface area contributed by atoms with Crippen molar-refractivity contribution in [3.8, 4) is 67.5 Å². The van der Waals surface area contributed by atoms with E-state index in [-0.39, 0.29) is 53.7 Å². The number of aliphatic hydroxyl groups is 1. The number of amides is 1. The highest BCUT2D eigenvalue weighted by atomic mass is 19.1. The van der Waals surface area contributed by atoms with Crippen molar-refractivity contribution in [2.75, 3.05) is 74.3 Å². The number of carbonyl (C=O) groups is 3. The number of benzene rings is 4. The Labute approximate surface area is 763 Å². The number of imidazole rings is 4. The molecule has 0 saturated carbocycles. The number of halogens is 4. The van der Waals surface area contributed by atoms with Crippen LogP contribution in [0.2, 0.25) is 0 Å². The van der Waals surface area contributed by atoms with Crippen molar-refractivity contribution >= 4 is 40.1 Å². The van der Waals surface area contributed by atoms with Crippen molar-refractivity contribution in [1.82, 2.24) is 97.9 Å². The quantitative estimate of drug-likeness (QED) is 0.0156. The summed E-state index contributed by atoms with van der Waals surface area (Å²) in [5, 5.41) is 39.4. The van der Waals surface area contributed by atoms with Crippen LogP contribution >= 0.6 is 0 Å². The Bertz CT molecular complexity index is 6760. The normalized spacial score (nSPS) is 11.3. The highest BCUT2D eigenvalue weighted by Gasteiger charge is 2.25. The van der Waals surface area contributed by atoms with E-state index in [1.54, 1.807) is 50.0 Å². The van der Waals surface area contributed by atoms with Crippen LogP contribution in [0.4, 0.5) is 17.6 Å². The highest BCUT2D eigenvalue weighted by Crippen LogP contribution is 2.37. The van der Waals surface area contributed by atoms with Gasteiger partial charge < -0.3 is 68.7 Å². The lowest BCUT2D eigenvalue weighted by molar-refractivity contribution is 0.0973. The largest absolute Gasteiger partial charge is 0.492 e. The summed E-state index contributed by atoms with van der Waals surface area (Å²) in [6.45, 7) is 15.6. The van der Waals surface area contributed by atoms with Gasteiger partial charge in [0.1, 0.15) is 80.2 Å². The zero-order chi connectivity index (χ0) is 94.0. The average molecular weight is 1800 g/mol. The SMILES string of the molecule is CCC(=O)c1nn(C)c(C)c1CCOc1cc(F)ccc1-c1ccc2ncc(CCNC)n2c1.CCC(=O)c1nn(C)c(C)c1CCOc1cc(F)ccc1-c1ccc2ncc(CNC)n2c1.CNCCc1cnc2ccc(-c3ccc(F)cc3OCCc3c(C(N)=O)nn(C)c3C)cn12.CNCCc1cnc2ccc(-c3ccc(F)cc3OCCc3c(CO)nn(C)c3C)cn12. The zero-order valence-corrected chi connectivity index (χ0v) is 76.9. The van der Waals surface area contributed by atoms with Gasteiger partial charge >= 0.3 is 0 Å². The summed E-state index contributed by atoms with van der Waals surface area (Å²) in [5.41, 5.74) is 28.9. The van der Waals surface area contributed by atoms with Gasteiger partial charge in [-0.15, -0.1) is 0 Å². The molecule has 0 unspecified atom stereocenters. The summed E-state index contributed by atoms with van der Waals surface area (Å²) in [7, 11) is 14.9. The van der Waals surface area contributed by atoms with Crippen LogP contribution < -0.4 is 45.9 Å². The first-order valence-electron chi connectivity index (χ1n) is 43.9. The number of hydrogen-bond acceptors (Lipinski definition) is 20. The molecule has 0 fully saturated rings. The molecule has 0 bridgehead atoms. The molecule has 33 heteroatoms. The Morgan fingerprint density at radius 3 is 0.947 bits per heavy atom. The number of carbonyl (C=O) groups excluding carboxylic acids is 3. The van der Waals surface area contributed by atoms with Gasteiger partial charge in [0.2, 0.25) is 0 Å². The maximum atomic E-state index is 14.1. The van der Waals surface area contributed by atoms with E-state index < -0.39 is 5.91 Å². The third-order valence-corrected chi connectivity index (χ3v) is 23.5. The molecule has 0 aliphatic carbocycles. The fraction of sp³-hybridized carbons (Fsp3) is 0.323. The number of fused-ring (bicyclic) bond motifs is 4. The summed E-state index contributed by atoms with van der Waals surface area (Å²) in [6, 6.07) is 33.8. The highest BCUT2D eigenvalue weighted by molar-refractivity contribution is 5.96. The first-order valence-corrected chi connectivity index (χ1v) is 43.9. The molecule has 0 saturated heterocycles. The zero-order valence-electron chi connectivity index (χ0n) is 76.9. The summed E-state index contributed by atoms with van der Waals surface area (Å²) in [6.07, 6.45) is 20.8. The fourth-order valence-electron chi connectivity index (χ4n) is 15.9. The number of likely N-dealkylation sites (N-methyl/N-ethyl adjacent to an activating group) is 3. The maximum Gasteiger partial charge on any atom is 0.269 e. The van der Waals surface area contributed by atoms with E-state index in [4.69, 9.17) is 24.7 Å². The van der Waals surface area contributed by atoms with Crippen LogP contribution in [0.1, 0.15) is 132 Å². The van der Waals surface area contributed by atoms with Crippen LogP contribution in [0.15, 0.2) is 171 Å². The predicted molar refractivity (Wildman–Crippen MR) is 500 cm³/mol. The Hall–Kier alpha value is -14.0. The number of nitrogens with two attached hydrogens (primary N) is 1. The van der Waals surface area contributed by atoms with Crippen molar-refractivity contribution in [3.05, 3.63) is 285 Å². The summed E-state index contributed by atoms with van der Waals surface area (Å²) in [5.74, 6) is -0.220. The Morgan fingerprint density at radius 1 is 0.371 bits per heavy atom. The average Bonchev–Trinajstić information content (AvgIpc) is 1.66. The summed E-state index contributed by atoms with van der Waals surface area (Å²) < 4.78 is 95.5. The van der Waals surface area contributed by atoms with Gasteiger partial charge in [0.15, 0.2) is 17.3 Å². The number of ether oxygens (including phenoxy) is 4. The molecule has 16 aromatic rings. The fourth-order valence-corrected chi connectivity index (χ4v) is 15.9. The monoisotopic (exact) mass is 1800 g/mol. The van der Waals surface area contributed by atoms with Crippen molar-refractivity contribution in [2.24, 2.45) is 33.9 Å². The van der Waals surface area contributed by atoms with E-state index in [2.05, 4.69) is 70.4 Å². The number of pyridine rings is 4. The number of rotatable bonds is 37.